The Kier molecular flexibility index (Phi) is 9.04. The first kappa shape index (κ1) is 26.3. The Morgan fingerprint density at radius 2 is 1.61 bits per heavy atom. The monoisotopic (exact) mass is 498 g/mol. The van der Waals surface area contributed by atoms with Crippen molar-refractivity contribution in [2.75, 3.05) is 7.11 Å². The predicted octanol–water partition coefficient (Wildman–Crippen LogP) is 3.01. The lowest BCUT2D eigenvalue weighted by Crippen LogP contribution is -2.42. The number of ether oxygens (including phenoxy) is 1. The molecule has 36 heavy (non-hydrogen) atoms. The van der Waals surface area contributed by atoms with Gasteiger partial charge in [0.2, 0.25) is 11.8 Å². The maximum absolute atomic E-state index is 13.6. The summed E-state index contributed by atoms with van der Waals surface area (Å²) in [5, 5.41) is 5.09. The van der Waals surface area contributed by atoms with E-state index in [9.17, 15) is 22.8 Å². The fourth-order valence-electron chi connectivity index (χ4n) is 3.38. The number of nitrogens with zero attached hydrogens (tertiary/aromatic N) is 1. The van der Waals surface area contributed by atoms with Crippen LogP contribution in [-0.4, -0.2) is 30.9 Å². The summed E-state index contributed by atoms with van der Waals surface area (Å²) in [7, 11) is 1.34. The number of halogens is 3. The van der Waals surface area contributed by atoms with Crippen LogP contribution in [0, 0.1) is 17.5 Å². The van der Waals surface area contributed by atoms with Crippen LogP contribution >= 0.6 is 0 Å². The van der Waals surface area contributed by atoms with Crippen molar-refractivity contribution in [2.24, 2.45) is 10.7 Å². The van der Waals surface area contributed by atoms with Crippen LogP contribution in [0.5, 0.6) is 5.75 Å². The Bertz CT molecular complexity index is 1250. The Labute approximate surface area is 206 Å². The molecule has 3 aromatic carbocycles. The predicted molar refractivity (Wildman–Crippen MR) is 129 cm³/mol. The second-order valence-corrected chi connectivity index (χ2v) is 7.88. The summed E-state index contributed by atoms with van der Waals surface area (Å²) in [6.45, 7) is 0.0820. The first-order valence-corrected chi connectivity index (χ1v) is 11.0. The van der Waals surface area contributed by atoms with Gasteiger partial charge in [-0.3, -0.25) is 14.9 Å². The first-order chi connectivity index (χ1) is 17.2. The lowest BCUT2D eigenvalue weighted by atomic mass is 10.1. The maximum atomic E-state index is 13.6. The number of hydrogen-bond donors (Lipinski definition) is 3. The Morgan fingerprint density at radius 1 is 0.917 bits per heavy atom. The van der Waals surface area contributed by atoms with Gasteiger partial charge in [0.25, 0.3) is 0 Å². The van der Waals surface area contributed by atoms with Gasteiger partial charge < -0.3 is 15.8 Å². The molecule has 0 fully saturated rings. The quantitative estimate of drug-likeness (QED) is 0.312. The topological polar surface area (TPSA) is 106 Å². The highest BCUT2D eigenvalue weighted by Gasteiger charge is 2.20. The highest BCUT2D eigenvalue weighted by Crippen LogP contribution is 2.18. The van der Waals surface area contributed by atoms with Crippen LogP contribution in [0.4, 0.5) is 13.2 Å². The molecule has 0 aromatic heterocycles. The molecule has 1 atom stereocenters. The number of carbonyl (C=O) groups excluding carboxylic acids is 2. The average Bonchev–Trinajstić information content (AvgIpc) is 2.85. The van der Waals surface area contributed by atoms with Gasteiger partial charge in [0.1, 0.15) is 6.04 Å². The highest BCUT2D eigenvalue weighted by atomic mass is 19.2. The SMILES string of the molecule is COc1cc(CNC(=O)C(Cc2ccccc2)N=C(N)NC(=O)Cc2ccc(F)c(F)c2)ccc1F. The van der Waals surface area contributed by atoms with Crippen LogP contribution < -0.4 is 21.1 Å². The van der Waals surface area contributed by atoms with Crippen molar-refractivity contribution in [3.8, 4) is 5.75 Å². The van der Waals surface area contributed by atoms with E-state index in [0.717, 1.165) is 17.7 Å². The van der Waals surface area contributed by atoms with Gasteiger partial charge in [-0.15, -0.1) is 0 Å². The lowest BCUT2D eigenvalue weighted by Gasteiger charge is -2.15. The number of hydrogen-bond acceptors (Lipinski definition) is 4. The second kappa shape index (κ2) is 12.4. The molecule has 0 bridgehead atoms. The minimum absolute atomic E-state index is 0.0496. The number of amides is 2. The third kappa shape index (κ3) is 7.59. The zero-order chi connectivity index (χ0) is 26.1. The van der Waals surface area contributed by atoms with Gasteiger partial charge in [-0.25, -0.2) is 18.2 Å². The molecule has 1 unspecified atom stereocenters. The maximum Gasteiger partial charge on any atom is 0.245 e. The van der Waals surface area contributed by atoms with Crippen molar-refractivity contribution in [1.29, 1.82) is 0 Å². The van der Waals surface area contributed by atoms with Crippen molar-refractivity contribution in [3.63, 3.8) is 0 Å². The molecule has 3 rings (SSSR count). The van der Waals surface area contributed by atoms with Crippen molar-refractivity contribution < 1.29 is 27.5 Å². The summed E-state index contributed by atoms with van der Waals surface area (Å²) < 4.78 is 45.1. The van der Waals surface area contributed by atoms with Crippen LogP contribution in [-0.2, 0) is 29.0 Å². The second-order valence-electron chi connectivity index (χ2n) is 7.88. The molecule has 0 aliphatic rings. The van der Waals surface area contributed by atoms with Crippen molar-refractivity contribution in [2.45, 2.75) is 25.4 Å². The molecule has 0 spiro atoms. The number of guanidine groups is 1. The van der Waals surface area contributed by atoms with E-state index in [2.05, 4.69) is 15.6 Å². The normalized spacial score (nSPS) is 12.1. The van der Waals surface area contributed by atoms with Crippen molar-refractivity contribution >= 4 is 17.8 Å². The minimum Gasteiger partial charge on any atom is -0.494 e. The molecule has 0 heterocycles. The van der Waals surface area contributed by atoms with Gasteiger partial charge in [-0.1, -0.05) is 42.5 Å². The van der Waals surface area contributed by atoms with Crippen molar-refractivity contribution in [1.82, 2.24) is 10.6 Å². The number of carbonyl (C=O) groups is 2. The largest absolute Gasteiger partial charge is 0.494 e. The van der Waals surface area contributed by atoms with Crippen LogP contribution in [0.1, 0.15) is 16.7 Å². The van der Waals surface area contributed by atoms with Gasteiger partial charge in [0, 0.05) is 13.0 Å². The summed E-state index contributed by atoms with van der Waals surface area (Å²) in [4.78, 5) is 29.4. The first-order valence-electron chi connectivity index (χ1n) is 11.0. The van der Waals surface area contributed by atoms with Gasteiger partial charge >= 0.3 is 0 Å². The zero-order valence-electron chi connectivity index (χ0n) is 19.4. The molecular formula is C26H25F3N4O3. The molecule has 0 saturated heterocycles. The third-order valence-corrected chi connectivity index (χ3v) is 5.17. The van der Waals surface area contributed by atoms with E-state index in [1.54, 1.807) is 0 Å². The van der Waals surface area contributed by atoms with Crippen LogP contribution in [0.2, 0.25) is 0 Å². The van der Waals surface area contributed by atoms with E-state index < -0.39 is 35.3 Å². The van der Waals surface area contributed by atoms with E-state index in [-0.39, 0.29) is 36.7 Å². The summed E-state index contributed by atoms with van der Waals surface area (Å²) in [5.74, 6) is -3.95. The molecule has 4 N–H and O–H groups in total. The Balaban J connectivity index is 1.70. The van der Waals surface area contributed by atoms with Crippen LogP contribution in [0.15, 0.2) is 71.7 Å². The summed E-state index contributed by atoms with van der Waals surface area (Å²) >= 11 is 0. The number of aliphatic imine (C=N–C) groups is 1. The van der Waals surface area contributed by atoms with Crippen molar-refractivity contribution in [3.05, 3.63) is 101 Å². The van der Waals surface area contributed by atoms with Crippen LogP contribution in [0.25, 0.3) is 0 Å². The summed E-state index contributed by atoms with van der Waals surface area (Å²) in [6.07, 6.45) is -0.0749. The van der Waals surface area contributed by atoms with Gasteiger partial charge in [0.05, 0.1) is 13.5 Å². The lowest BCUT2D eigenvalue weighted by molar-refractivity contribution is -0.122. The standard InChI is InChI=1S/C26H25F3N4O3/c1-36-23-13-18(8-10-20(23)28)15-31-25(35)22(12-16-5-3-2-4-6-16)32-26(30)33-24(34)14-17-7-9-19(27)21(29)11-17/h2-11,13,22H,12,14-15H2,1H3,(H,31,35)(H3,30,32,33,34). The molecule has 0 radical (unpaired) electrons. The Morgan fingerprint density at radius 3 is 2.31 bits per heavy atom. The summed E-state index contributed by atoms with van der Waals surface area (Å²) in [5.41, 5.74) is 7.54. The number of benzene rings is 3. The van der Waals surface area contributed by atoms with Gasteiger partial charge in [-0.2, -0.15) is 0 Å². The van der Waals surface area contributed by atoms with E-state index in [0.29, 0.717) is 5.56 Å². The number of nitrogens with one attached hydrogen (secondary N) is 2. The van der Waals surface area contributed by atoms with E-state index in [1.165, 1.54) is 31.4 Å². The molecule has 0 aliphatic carbocycles. The smallest absolute Gasteiger partial charge is 0.245 e. The molecule has 7 nitrogen and oxygen atoms in total. The van der Waals surface area contributed by atoms with E-state index in [1.807, 2.05) is 30.3 Å². The molecule has 188 valence electrons. The number of methoxy groups -OCH3 is 1. The molecule has 0 aliphatic heterocycles. The van der Waals surface area contributed by atoms with Gasteiger partial charge in [-0.05, 0) is 41.0 Å². The zero-order valence-corrected chi connectivity index (χ0v) is 19.4. The molecule has 3 aromatic rings. The number of nitrogens with two attached hydrogens (primary N) is 1. The molecular weight excluding hydrogens is 473 g/mol. The van der Waals surface area contributed by atoms with E-state index >= 15 is 0 Å². The fourth-order valence-corrected chi connectivity index (χ4v) is 3.38. The highest BCUT2D eigenvalue weighted by molar-refractivity contribution is 5.98. The molecule has 2 amide bonds. The minimum atomic E-state index is -1.07. The van der Waals surface area contributed by atoms with Crippen LogP contribution in [0.3, 0.4) is 0 Å². The van der Waals surface area contributed by atoms with Gasteiger partial charge in [0.15, 0.2) is 29.2 Å². The summed E-state index contributed by atoms with van der Waals surface area (Å²) in [6, 6.07) is 15.4. The fraction of sp³-hybridized carbons (Fsp3) is 0.192. The third-order valence-electron chi connectivity index (χ3n) is 5.17. The Hall–Kier alpha value is -4.34. The molecule has 0 saturated carbocycles. The van der Waals surface area contributed by atoms with E-state index in [4.69, 9.17) is 10.5 Å². The average molecular weight is 499 g/mol. The molecule has 10 heteroatoms. The number of rotatable bonds is 9.